The normalized spacial score (nSPS) is 23.4. The van der Waals surface area contributed by atoms with Gasteiger partial charge in [-0.25, -0.2) is 4.79 Å². The van der Waals surface area contributed by atoms with Crippen molar-refractivity contribution < 1.29 is 14.7 Å². The molecule has 1 fully saturated rings. The molecule has 1 aromatic rings. The fourth-order valence-corrected chi connectivity index (χ4v) is 2.65. The zero-order valence-corrected chi connectivity index (χ0v) is 11.7. The summed E-state index contributed by atoms with van der Waals surface area (Å²) >= 11 is 0. The van der Waals surface area contributed by atoms with Crippen LogP contribution in [-0.2, 0) is 4.79 Å². The van der Waals surface area contributed by atoms with Crippen molar-refractivity contribution >= 4 is 12.0 Å². The first kappa shape index (κ1) is 14.4. The highest BCUT2D eigenvalue weighted by Gasteiger charge is 2.38. The van der Waals surface area contributed by atoms with Crippen molar-refractivity contribution in [1.82, 2.24) is 10.2 Å². The van der Waals surface area contributed by atoms with Crippen LogP contribution in [0.2, 0.25) is 0 Å². The van der Waals surface area contributed by atoms with Gasteiger partial charge in [-0.05, 0) is 25.8 Å². The molecule has 1 aliphatic rings. The summed E-state index contributed by atoms with van der Waals surface area (Å²) in [4.78, 5) is 24.9. The Kier molecular flexibility index (Phi) is 4.27. The van der Waals surface area contributed by atoms with Crippen LogP contribution in [0.3, 0.4) is 0 Å². The first-order valence-electron chi connectivity index (χ1n) is 6.85. The van der Waals surface area contributed by atoms with E-state index in [2.05, 4.69) is 5.32 Å². The Hall–Kier alpha value is -2.04. The van der Waals surface area contributed by atoms with E-state index in [1.807, 2.05) is 37.3 Å². The molecule has 0 bridgehead atoms. The molecule has 1 aromatic carbocycles. The lowest BCUT2D eigenvalue weighted by molar-refractivity contribution is -0.142. The SMILES string of the molecule is CC(NC(=O)N1CCC(C(=O)O)C1C)c1ccccc1. The third-order valence-electron chi connectivity index (χ3n) is 3.97. The van der Waals surface area contributed by atoms with Gasteiger partial charge in [0, 0.05) is 12.6 Å². The Labute approximate surface area is 118 Å². The van der Waals surface area contributed by atoms with Crippen molar-refractivity contribution in [2.24, 2.45) is 5.92 Å². The van der Waals surface area contributed by atoms with Gasteiger partial charge >= 0.3 is 12.0 Å². The van der Waals surface area contributed by atoms with E-state index < -0.39 is 11.9 Å². The minimum atomic E-state index is -0.830. The first-order chi connectivity index (χ1) is 9.50. The van der Waals surface area contributed by atoms with Crippen molar-refractivity contribution in [2.75, 3.05) is 6.54 Å². The lowest BCUT2D eigenvalue weighted by atomic mass is 10.0. The van der Waals surface area contributed by atoms with Crippen LogP contribution in [0.25, 0.3) is 0 Å². The van der Waals surface area contributed by atoms with Gasteiger partial charge in [-0.3, -0.25) is 4.79 Å². The summed E-state index contributed by atoms with van der Waals surface area (Å²) in [7, 11) is 0. The van der Waals surface area contributed by atoms with E-state index in [1.54, 1.807) is 11.8 Å². The van der Waals surface area contributed by atoms with E-state index in [0.717, 1.165) is 5.56 Å². The molecule has 5 heteroatoms. The summed E-state index contributed by atoms with van der Waals surface area (Å²) in [5.41, 5.74) is 1.03. The zero-order valence-electron chi connectivity index (χ0n) is 11.7. The quantitative estimate of drug-likeness (QED) is 0.889. The van der Waals surface area contributed by atoms with E-state index in [1.165, 1.54) is 0 Å². The first-order valence-corrected chi connectivity index (χ1v) is 6.85. The number of carbonyl (C=O) groups excluding carboxylic acids is 1. The zero-order chi connectivity index (χ0) is 14.7. The summed E-state index contributed by atoms with van der Waals surface area (Å²) in [6.07, 6.45) is 0.517. The van der Waals surface area contributed by atoms with Crippen LogP contribution in [0.15, 0.2) is 30.3 Å². The fraction of sp³-hybridized carbons (Fsp3) is 0.467. The van der Waals surface area contributed by atoms with Crippen molar-refractivity contribution in [3.63, 3.8) is 0 Å². The molecule has 0 aromatic heterocycles. The maximum absolute atomic E-state index is 12.2. The second-order valence-corrected chi connectivity index (χ2v) is 5.25. The van der Waals surface area contributed by atoms with Crippen LogP contribution in [-0.4, -0.2) is 34.6 Å². The number of carbonyl (C=O) groups is 2. The van der Waals surface area contributed by atoms with Crippen molar-refractivity contribution in [3.8, 4) is 0 Å². The molecule has 5 nitrogen and oxygen atoms in total. The Bertz CT molecular complexity index is 489. The second kappa shape index (κ2) is 5.94. The van der Waals surface area contributed by atoms with E-state index >= 15 is 0 Å². The van der Waals surface area contributed by atoms with Gasteiger partial charge in [0.15, 0.2) is 0 Å². The molecule has 2 amide bonds. The van der Waals surface area contributed by atoms with Gasteiger partial charge in [-0.2, -0.15) is 0 Å². The molecule has 1 saturated heterocycles. The molecule has 2 N–H and O–H groups in total. The van der Waals surface area contributed by atoms with Gasteiger partial charge in [0.05, 0.1) is 12.0 Å². The molecule has 3 atom stereocenters. The average molecular weight is 276 g/mol. The van der Waals surface area contributed by atoms with Gasteiger partial charge in [-0.15, -0.1) is 0 Å². The molecule has 2 rings (SSSR count). The number of nitrogens with zero attached hydrogens (tertiary/aromatic N) is 1. The number of likely N-dealkylation sites (tertiary alicyclic amines) is 1. The molecule has 108 valence electrons. The molecule has 0 radical (unpaired) electrons. The number of urea groups is 1. The smallest absolute Gasteiger partial charge is 0.318 e. The maximum atomic E-state index is 12.2. The lowest BCUT2D eigenvalue weighted by Crippen LogP contribution is -2.44. The number of hydrogen-bond acceptors (Lipinski definition) is 2. The molecule has 20 heavy (non-hydrogen) atoms. The average Bonchev–Trinajstić information content (AvgIpc) is 2.81. The van der Waals surface area contributed by atoms with Gasteiger partial charge in [0.2, 0.25) is 0 Å². The van der Waals surface area contributed by atoms with Crippen LogP contribution in [0.5, 0.6) is 0 Å². The predicted molar refractivity (Wildman–Crippen MR) is 75.3 cm³/mol. The molecule has 3 unspecified atom stereocenters. The predicted octanol–water partition coefficient (Wildman–Crippen LogP) is 2.25. The molecule has 0 aliphatic carbocycles. The number of carboxylic acids is 1. The van der Waals surface area contributed by atoms with Crippen LogP contribution in [0.4, 0.5) is 4.79 Å². The number of rotatable bonds is 3. The summed E-state index contributed by atoms with van der Waals surface area (Å²) in [6, 6.07) is 9.13. The largest absolute Gasteiger partial charge is 0.481 e. The van der Waals surface area contributed by atoms with Gasteiger partial charge in [0.1, 0.15) is 0 Å². The number of benzene rings is 1. The van der Waals surface area contributed by atoms with E-state index in [4.69, 9.17) is 5.11 Å². The molecular formula is C15H20N2O3. The van der Waals surface area contributed by atoms with Crippen LogP contribution in [0, 0.1) is 5.92 Å². The van der Waals surface area contributed by atoms with E-state index in [-0.39, 0.29) is 18.1 Å². The second-order valence-electron chi connectivity index (χ2n) is 5.25. The van der Waals surface area contributed by atoms with Crippen LogP contribution in [0.1, 0.15) is 31.9 Å². The van der Waals surface area contributed by atoms with Crippen molar-refractivity contribution in [1.29, 1.82) is 0 Å². The standard InChI is InChI=1S/C15H20N2O3/c1-10(12-6-4-3-5-7-12)16-15(20)17-9-8-13(11(17)2)14(18)19/h3-7,10-11,13H,8-9H2,1-2H3,(H,16,20)(H,18,19). The highest BCUT2D eigenvalue weighted by atomic mass is 16.4. The third-order valence-corrected chi connectivity index (χ3v) is 3.97. The fourth-order valence-electron chi connectivity index (χ4n) is 2.65. The van der Waals surface area contributed by atoms with Crippen LogP contribution >= 0.6 is 0 Å². The number of amides is 2. The van der Waals surface area contributed by atoms with Crippen LogP contribution < -0.4 is 5.32 Å². The monoisotopic (exact) mass is 276 g/mol. The third kappa shape index (κ3) is 2.92. The summed E-state index contributed by atoms with van der Waals surface area (Å²) in [5, 5.41) is 12.0. The van der Waals surface area contributed by atoms with E-state index in [9.17, 15) is 9.59 Å². The summed E-state index contributed by atoms with van der Waals surface area (Å²) in [6.45, 7) is 4.20. The minimum absolute atomic E-state index is 0.0974. The summed E-state index contributed by atoms with van der Waals surface area (Å²) < 4.78 is 0. The number of hydrogen-bond donors (Lipinski definition) is 2. The summed E-state index contributed by atoms with van der Waals surface area (Å²) in [5.74, 6) is -1.29. The lowest BCUT2D eigenvalue weighted by Gasteiger charge is -2.25. The topological polar surface area (TPSA) is 69.6 Å². The number of carboxylic acid groups (broad SMARTS) is 1. The molecule has 1 heterocycles. The maximum Gasteiger partial charge on any atom is 0.318 e. The van der Waals surface area contributed by atoms with Crippen molar-refractivity contribution in [2.45, 2.75) is 32.4 Å². The number of aliphatic carboxylic acids is 1. The Morgan fingerprint density at radius 2 is 2.00 bits per heavy atom. The Morgan fingerprint density at radius 3 is 2.55 bits per heavy atom. The van der Waals surface area contributed by atoms with Crippen molar-refractivity contribution in [3.05, 3.63) is 35.9 Å². The van der Waals surface area contributed by atoms with E-state index in [0.29, 0.717) is 13.0 Å². The Morgan fingerprint density at radius 1 is 1.35 bits per heavy atom. The van der Waals surface area contributed by atoms with Gasteiger partial charge < -0.3 is 15.3 Å². The van der Waals surface area contributed by atoms with Gasteiger partial charge in [-0.1, -0.05) is 30.3 Å². The Balaban J connectivity index is 1.97. The highest BCUT2D eigenvalue weighted by molar-refractivity contribution is 5.78. The highest BCUT2D eigenvalue weighted by Crippen LogP contribution is 2.25. The number of nitrogens with one attached hydrogen (secondary N) is 1. The molecule has 1 aliphatic heterocycles. The molecule has 0 spiro atoms. The minimum Gasteiger partial charge on any atom is -0.481 e. The molecule has 0 saturated carbocycles. The van der Waals surface area contributed by atoms with Gasteiger partial charge in [0.25, 0.3) is 0 Å². The molecular weight excluding hydrogens is 256 g/mol.